The molecule has 2 unspecified atom stereocenters. The average molecular weight is 314 g/mol. The fraction of sp³-hybridized carbons (Fsp3) is 0.500. The maximum absolute atomic E-state index is 12.2. The van der Waals surface area contributed by atoms with E-state index in [1.165, 1.54) is 12.1 Å². The minimum Gasteiger partial charge on any atom is -0.481 e. The lowest BCUT2D eigenvalue weighted by Gasteiger charge is -2.28. The average Bonchev–Trinajstić information content (AvgIpc) is 2.88. The first-order valence-corrected chi connectivity index (χ1v) is 8.49. The second-order valence-corrected chi connectivity index (χ2v) is 7.71. The molecule has 8 heteroatoms. The van der Waals surface area contributed by atoms with Crippen LogP contribution in [-0.2, 0) is 14.8 Å². The quantitative estimate of drug-likeness (QED) is 0.876. The fourth-order valence-corrected chi connectivity index (χ4v) is 4.78. The van der Waals surface area contributed by atoms with E-state index in [1.54, 1.807) is 0 Å². The molecule has 0 saturated heterocycles. The van der Waals surface area contributed by atoms with Gasteiger partial charge in [-0.1, -0.05) is 12.8 Å². The van der Waals surface area contributed by atoms with Crippen molar-refractivity contribution < 1.29 is 18.3 Å². The largest absolute Gasteiger partial charge is 0.481 e. The van der Waals surface area contributed by atoms with E-state index in [2.05, 4.69) is 4.72 Å². The van der Waals surface area contributed by atoms with Crippen LogP contribution in [0, 0.1) is 17.2 Å². The smallest absolute Gasteiger partial charge is 0.308 e. The second-order valence-electron chi connectivity index (χ2n) is 4.69. The van der Waals surface area contributed by atoms with Crippen LogP contribution >= 0.6 is 11.3 Å². The molecule has 1 aromatic rings. The first kappa shape index (κ1) is 15.0. The van der Waals surface area contributed by atoms with Crippen molar-refractivity contribution in [1.29, 1.82) is 5.26 Å². The molecule has 0 spiro atoms. The third kappa shape index (κ3) is 3.17. The van der Waals surface area contributed by atoms with E-state index in [-0.39, 0.29) is 4.21 Å². The van der Waals surface area contributed by atoms with Gasteiger partial charge in [0.05, 0.1) is 5.92 Å². The van der Waals surface area contributed by atoms with Gasteiger partial charge in [0.1, 0.15) is 15.2 Å². The van der Waals surface area contributed by atoms with Crippen molar-refractivity contribution in [3.8, 4) is 6.07 Å². The normalized spacial score (nSPS) is 23.1. The van der Waals surface area contributed by atoms with E-state index in [1.807, 2.05) is 6.07 Å². The molecule has 0 aromatic carbocycles. The highest BCUT2D eigenvalue weighted by molar-refractivity contribution is 7.91. The Balaban J connectivity index is 2.18. The molecule has 1 saturated carbocycles. The Hall–Kier alpha value is -1.43. The lowest BCUT2D eigenvalue weighted by atomic mass is 9.85. The Kier molecular flexibility index (Phi) is 4.42. The zero-order valence-electron chi connectivity index (χ0n) is 10.6. The number of rotatable bonds is 4. The van der Waals surface area contributed by atoms with Crippen LogP contribution in [0.5, 0.6) is 0 Å². The molecule has 0 bridgehead atoms. The summed E-state index contributed by atoms with van der Waals surface area (Å²) in [4.78, 5) is 11.5. The van der Waals surface area contributed by atoms with E-state index in [4.69, 9.17) is 10.4 Å². The maximum Gasteiger partial charge on any atom is 0.308 e. The molecule has 0 radical (unpaired) electrons. The Labute approximate surface area is 121 Å². The van der Waals surface area contributed by atoms with Crippen molar-refractivity contribution in [2.45, 2.75) is 35.9 Å². The zero-order valence-corrected chi connectivity index (χ0v) is 12.2. The highest BCUT2D eigenvalue weighted by atomic mass is 32.2. The Bertz CT molecular complexity index is 645. The number of nitrogens with zero attached hydrogens (tertiary/aromatic N) is 1. The Morgan fingerprint density at radius 3 is 2.70 bits per heavy atom. The minimum atomic E-state index is -3.76. The molecule has 2 N–H and O–H groups in total. The molecule has 1 heterocycles. The summed E-state index contributed by atoms with van der Waals surface area (Å²) in [5.41, 5.74) is 0. The number of carbonyl (C=O) groups is 1. The molecule has 6 nitrogen and oxygen atoms in total. The minimum absolute atomic E-state index is 0.0452. The van der Waals surface area contributed by atoms with Gasteiger partial charge in [-0.3, -0.25) is 4.79 Å². The summed E-state index contributed by atoms with van der Waals surface area (Å²) in [5, 5.41) is 17.9. The van der Waals surface area contributed by atoms with E-state index in [9.17, 15) is 13.2 Å². The lowest BCUT2D eigenvalue weighted by Crippen LogP contribution is -2.44. The molecular weight excluding hydrogens is 300 g/mol. The van der Waals surface area contributed by atoms with Gasteiger partial charge in [-0.15, -0.1) is 11.3 Å². The zero-order chi connectivity index (χ0) is 14.8. The number of sulfonamides is 1. The van der Waals surface area contributed by atoms with Crippen molar-refractivity contribution in [1.82, 2.24) is 4.72 Å². The number of nitriles is 1. The van der Waals surface area contributed by atoms with Gasteiger partial charge < -0.3 is 5.11 Å². The summed E-state index contributed by atoms with van der Waals surface area (Å²) >= 11 is 0.879. The van der Waals surface area contributed by atoms with Crippen molar-refractivity contribution in [3.05, 3.63) is 17.0 Å². The van der Waals surface area contributed by atoms with Gasteiger partial charge in [0.2, 0.25) is 10.0 Å². The molecule has 1 aliphatic carbocycles. The number of aliphatic carboxylic acids is 1. The number of hydrogen-bond donors (Lipinski definition) is 2. The molecule has 20 heavy (non-hydrogen) atoms. The molecule has 0 aliphatic heterocycles. The van der Waals surface area contributed by atoms with Crippen LogP contribution in [0.2, 0.25) is 0 Å². The van der Waals surface area contributed by atoms with Crippen LogP contribution < -0.4 is 4.72 Å². The second kappa shape index (κ2) is 5.91. The van der Waals surface area contributed by atoms with E-state index < -0.39 is 28.0 Å². The van der Waals surface area contributed by atoms with Crippen LogP contribution in [0.3, 0.4) is 0 Å². The standard InChI is InChI=1S/C12H14N2O4S2/c13-7-8-5-6-11(19-8)20(17,18)14-10-4-2-1-3-9(10)12(15)16/h5-6,9-10,14H,1-4H2,(H,15,16). The molecule has 2 rings (SSSR count). The highest BCUT2D eigenvalue weighted by Crippen LogP contribution is 2.27. The number of thiophene rings is 1. The van der Waals surface area contributed by atoms with Gasteiger partial charge in [0.15, 0.2) is 0 Å². The Morgan fingerprint density at radius 1 is 1.40 bits per heavy atom. The molecule has 1 fully saturated rings. The van der Waals surface area contributed by atoms with Crippen LogP contribution in [0.15, 0.2) is 16.3 Å². The highest BCUT2D eigenvalue weighted by Gasteiger charge is 2.34. The summed E-state index contributed by atoms with van der Waals surface area (Å²) in [6.45, 7) is 0. The molecule has 2 atom stereocenters. The molecule has 108 valence electrons. The van der Waals surface area contributed by atoms with Gasteiger partial charge in [0.25, 0.3) is 0 Å². The summed E-state index contributed by atoms with van der Waals surface area (Å²) in [6.07, 6.45) is 2.61. The third-order valence-electron chi connectivity index (χ3n) is 3.35. The number of nitrogens with one attached hydrogen (secondary N) is 1. The van der Waals surface area contributed by atoms with Crippen LogP contribution in [0.25, 0.3) is 0 Å². The van der Waals surface area contributed by atoms with Crippen molar-refractivity contribution >= 4 is 27.3 Å². The lowest BCUT2D eigenvalue weighted by molar-refractivity contribution is -0.143. The summed E-state index contributed by atoms with van der Waals surface area (Å²) in [6, 6.07) is 4.10. The third-order valence-corrected chi connectivity index (χ3v) is 6.32. The Morgan fingerprint density at radius 2 is 2.10 bits per heavy atom. The van der Waals surface area contributed by atoms with E-state index >= 15 is 0 Å². The molecule has 1 aliphatic rings. The summed E-state index contributed by atoms with van der Waals surface area (Å²) in [5.74, 6) is -1.66. The van der Waals surface area contributed by atoms with Crippen molar-refractivity contribution in [2.75, 3.05) is 0 Å². The van der Waals surface area contributed by atoms with Gasteiger partial charge in [-0.2, -0.15) is 5.26 Å². The predicted molar refractivity (Wildman–Crippen MR) is 72.7 cm³/mol. The van der Waals surface area contributed by atoms with Crippen LogP contribution in [0.1, 0.15) is 30.6 Å². The summed E-state index contributed by atoms with van der Waals surface area (Å²) in [7, 11) is -3.76. The molecule has 0 amide bonds. The van der Waals surface area contributed by atoms with Gasteiger partial charge in [-0.05, 0) is 25.0 Å². The topological polar surface area (TPSA) is 107 Å². The monoisotopic (exact) mass is 314 g/mol. The van der Waals surface area contributed by atoms with Crippen LogP contribution in [-0.4, -0.2) is 25.5 Å². The van der Waals surface area contributed by atoms with Crippen molar-refractivity contribution in [2.24, 2.45) is 5.92 Å². The number of hydrogen-bond acceptors (Lipinski definition) is 5. The van der Waals surface area contributed by atoms with Gasteiger partial charge in [-0.25, -0.2) is 13.1 Å². The maximum atomic E-state index is 12.2. The first-order chi connectivity index (χ1) is 9.44. The van der Waals surface area contributed by atoms with Gasteiger partial charge in [0, 0.05) is 6.04 Å². The molecule has 1 aromatic heterocycles. The van der Waals surface area contributed by atoms with Crippen LogP contribution in [0.4, 0.5) is 0 Å². The number of carboxylic acid groups (broad SMARTS) is 1. The SMILES string of the molecule is N#Cc1ccc(S(=O)(=O)NC2CCCCC2C(=O)O)s1. The van der Waals surface area contributed by atoms with Gasteiger partial charge >= 0.3 is 5.97 Å². The van der Waals surface area contributed by atoms with E-state index in [0.717, 1.165) is 24.2 Å². The first-order valence-electron chi connectivity index (χ1n) is 6.19. The van der Waals surface area contributed by atoms with E-state index in [0.29, 0.717) is 17.7 Å². The molecular formula is C12H14N2O4S2. The fourth-order valence-electron chi connectivity index (χ4n) is 2.35. The van der Waals surface area contributed by atoms with Crippen molar-refractivity contribution in [3.63, 3.8) is 0 Å². The summed E-state index contributed by atoms with van der Waals surface area (Å²) < 4.78 is 26.9. The number of carboxylic acids is 1. The predicted octanol–water partition coefficient (Wildman–Crippen LogP) is 1.54.